The fraction of sp³-hybridized carbons (Fsp3) is 0.348. The third-order valence-corrected chi connectivity index (χ3v) is 5.51. The van der Waals surface area contributed by atoms with Crippen molar-refractivity contribution in [3.05, 3.63) is 54.3 Å². The van der Waals surface area contributed by atoms with Gasteiger partial charge in [-0.05, 0) is 62.1 Å². The fourth-order valence-corrected chi connectivity index (χ4v) is 3.84. The summed E-state index contributed by atoms with van der Waals surface area (Å²) in [6.45, 7) is 2.08. The van der Waals surface area contributed by atoms with Crippen molar-refractivity contribution in [3.8, 4) is 11.3 Å². The lowest BCUT2D eigenvalue weighted by Crippen LogP contribution is -2.34. The highest BCUT2D eigenvalue weighted by Crippen LogP contribution is 2.33. The lowest BCUT2D eigenvalue weighted by Gasteiger charge is -2.28. The van der Waals surface area contributed by atoms with Gasteiger partial charge in [0, 0.05) is 35.8 Å². The minimum atomic E-state index is -0.242. The molecule has 4 nitrogen and oxygen atoms in total. The van der Waals surface area contributed by atoms with Gasteiger partial charge in [-0.3, -0.25) is 0 Å². The van der Waals surface area contributed by atoms with Crippen molar-refractivity contribution in [1.29, 1.82) is 0 Å². The Kier molecular flexibility index (Phi) is 4.61. The van der Waals surface area contributed by atoms with Crippen molar-refractivity contribution < 1.29 is 4.39 Å². The number of pyridine rings is 1. The van der Waals surface area contributed by atoms with E-state index in [1.165, 1.54) is 38.2 Å². The van der Waals surface area contributed by atoms with Gasteiger partial charge in [0.25, 0.3) is 0 Å². The summed E-state index contributed by atoms with van der Waals surface area (Å²) in [6.07, 6.45) is 6.20. The Morgan fingerprint density at radius 3 is 2.61 bits per heavy atom. The SMILES string of the molecule is Fc1cccc(-c2cc(NN3CCCCC3)c3cc(NC4CC4)ccc3n2)c1. The van der Waals surface area contributed by atoms with Crippen molar-refractivity contribution >= 4 is 22.3 Å². The lowest BCUT2D eigenvalue weighted by atomic mass is 10.1. The molecule has 1 saturated carbocycles. The number of anilines is 2. The van der Waals surface area contributed by atoms with Crippen LogP contribution in [0.5, 0.6) is 0 Å². The number of rotatable bonds is 5. The molecule has 2 heterocycles. The Hall–Kier alpha value is -2.66. The molecule has 1 aromatic heterocycles. The van der Waals surface area contributed by atoms with Crippen molar-refractivity contribution in [2.75, 3.05) is 23.8 Å². The van der Waals surface area contributed by atoms with E-state index in [9.17, 15) is 4.39 Å². The molecule has 1 saturated heterocycles. The summed E-state index contributed by atoms with van der Waals surface area (Å²) >= 11 is 0. The third kappa shape index (κ3) is 3.80. The number of nitrogens with zero attached hydrogens (tertiary/aromatic N) is 2. The second-order valence-corrected chi connectivity index (χ2v) is 7.88. The van der Waals surface area contributed by atoms with Crippen molar-refractivity contribution in [2.24, 2.45) is 0 Å². The number of hydrogen-bond acceptors (Lipinski definition) is 4. The number of halogens is 1. The summed E-state index contributed by atoms with van der Waals surface area (Å²) in [5.74, 6) is -0.242. The summed E-state index contributed by atoms with van der Waals surface area (Å²) in [7, 11) is 0. The Morgan fingerprint density at radius 1 is 0.964 bits per heavy atom. The summed E-state index contributed by atoms with van der Waals surface area (Å²) in [5.41, 5.74) is 8.29. The average molecular weight is 376 g/mol. The molecule has 5 heteroatoms. The molecule has 0 radical (unpaired) electrons. The highest BCUT2D eigenvalue weighted by Gasteiger charge is 2.21. The van der Waals surface area contributed by atoms with Crippen LogP contribution in [0.15, 0.2) is 48.5 Å². The maximum atomic E-state index is 13.8. The molecular formula is C23H25FN4. The molecule has 1 aliphatic heterocycles. The third-order valence-electron chi connectivity index (χ3n) is 5.51. The second kappa shape index (κ2) is 7.40. The van der Waals surface area contributed by atoms with E-state index in [4.69, 9.17) is 4.98 Å². The van der Waals surface area contributed by atoms with Crippen LogP contribution in [-0.2, 0) is 0 Å². The molecule has 0 bridgehead atoms. The number of hydrogen-bond donors (Lipinski definition) is 2. The molecule has 2 fully saturated rings. The Morgan fingerprint density at radius 2 is 1.82 bits per heavy atom. The number of nitrogens with one attached hydrogen (secondary N) is 2. The normalized spacial score (nSPS) is 17.6. The minimum Gasteiger partial charge on any atom is -0.382 e. The standard InChI is InChI=1S/C23H25FN4/c24-17-6-4-5-16(13-17)22-15-23(27-28-11-2-1-3-12-28)20-14-19(25-18-7-8-18)9-10-21(20)26-22/h4-6,9-10,13-15,18,25H,1-3,7-8,11-12H2,(H,26,27). The number of hydrazine groups is 1. The number of piperidine rings is 1. The maximum Gasteiger partial charge on any atom is 0.123 e. The van der Waals surface area contributed by atoms with E-state index in [2.05, 4.69) is 34.0 Å². The lowest BCUT2D eigenvalue weighted by molar-refractivity contribution is 0.273. The van der Waals surface area contributed by atoms with Crippen LogP contribution < -0.4 is 10.7 Å². The minimum absolute atomic E-state index is 0.242. The molecule has 144 valence electrons. The van der Waals surface area contributed by atoms with E-state index in [1.807, 2.05) is 12.1 Å². The first kappa shape index (κ1) is 17.4. The van der Waals surface area contributed by atoms with E-state index in [0.29, 0.717) is 6.04 Å². The summed E-state index contributed by atoms with van der Waals surface area (Å²) < 4.78 is 13.8. The Labute approximate surface area is 164 Å². The van der Waals surface area contributed by atoms with Gasteiger partial charge < -0.3 is 10.7 Å². The molecular weight excluding hydrogens is 351 g/mol. The van der Waals surface area contributed by atoms with Crippen molar-refractivity contribution in [1.82, 2.24) is 9.99 Å². The van der Waals surface area contributed by atoms with Gasteiger partial charge in [0.15, 0.2) is 0 Å². The summed E-state index contributed by atoms with van der Waals surface area (Å²) in [4.78, 5) is 4.82. The highest BCUT2D eigenvalue weighted by molar-refractivity contribution is 5.95. The van der Waals surface area contributed by atoms with Crippen LogP contribution in [0.2, 0.25) is 0 Å². The van der Waals surface area contributed by atoms with E-state index in [-0.39, 0.29) is 5.82 Å². The van der Waals surface area contributed by atoms with Crippen LogP contribution in [-0.4, -0.2) is 29.1 Å². The number of benzene rings is 2. The van der Waals surface area contributed by atoms with Crippen LogP contribution in [0.25, 0.3) is 22.2 Å². The first-order chi connectivity index (χ1) is 13.7. The molecule has 2 aliphatic rings. The predicted octanol–water partition coefficient (Wildman–Crippen LogP) is 5.43. The topological polar surface area (TPSA) is 40.2 Å². The molecule has 28 heavy (non-hydrogen) atoms. The molecule has 0 spiro atoms. The number of aromatic nitrogens is 1. The van der Waals surface area contributed by atoms with Crippen LogP contribution in [0.1, 0.15) is 32.1 Å². The van der Waals surface area contributed by atoms with E-state index in [0.717, 1.165) is 46.6 Å². The molecule has 0 atom stereocenters. The van der Waals surface area contributed by atoms with Gasteiger partial charge in [0.05, 0.1) is 16.9 Å². The molecule has 5 rings (SSSR count). The molecule has 0 unspecified atom stereocenters. The van der Waals surface area contributed by atoms with Gasteiger partial charge >= 0.3 is 0 Å². The van der Waals surface area contributed by atoms with Gasteiger partial charge in [-0.1, -0.05) is 18.6 Å². The zero-order valence-electron chi connectivity index (χ0n) is 15.9. The fourth-order valence-electron chi connectivity index (χ4n) is 3.84. The zero-order valence-corrected chi connectivity index (χ0v) is 15.9. The van der Waals surface area contributed by atoms with Crippen LogP contribution in [0, 0.1) is 5.82 Å². The quantitative estimate of drug-likeness (QED) is 0.623. The monoisotopic (exact) mass is 376 g/mol. The van der Waals surface area contributed by atoms with Crippen LogP contribution in [0.3, 0.4) is 0 Å². The van der Waals surface area contributed by atoms with Crippen molar-refractivity contribution in [2.45, 2.75) is 38.1 Å². The van der Waals surface area contributed by atoms with Crippen molar-refractivity contribution in [3.63, 3.8) is 0 Å². The maximum absolute atomic E-state index is 13.8. The smallest absolute Gasteiger partial charge is 0.123 e. The highest BCUT2D eigenvalue weighted by atomic mass is 19.1. The van der Waals surface area contributed by atoms with Gasteiger partial charge in [0.1, 0.15) is 5.82 Å². The molecule has 0 amide bonds. The van der Waals surface area contributed by atoms with Gasteiger partial charge in [-0.15, -0.1) is 0 Å². The van der Waals surface area contributed by atoms with Crippen LogP contribution in [0.4, 0.5) is 15.8 Å². The number of fused-ring (bicyclic) bond motifs is 1. The average Bonchev–Trinajstić information content (AvgIpc) is 3.53. The second-order valence-electron chi connectivity index (χ2n) is 7.88. The zero-order chi connectivity index (χ0) is 18.9. The van der Waals surface area contributed by atoms with E-state index < -0.39 is 0 Å². The predicted molar refractivity (Wildman–Crippen MR) is 113 cm³/mol. The molecule has 3 aromatic rings. The Bertz CT molecular complexity index is 993. The van der Waals surface area contributed by atoms with Gasteiger partial charge in [0.2, 0.25) is 0 Å². The first-order valence-electron chi connectivity index (χ1n) is 10.2. The largest absolute Gasteiger partial charge is 0.382 e. The van der Waals surface area contributed by atoms with Gasteiger partial charge in [-0.2, -0.15) is 0 Å². The van der Waals surface area contributed by atoms with E-state index >= 15 is 0 Å². The Balaban J connectivity index is 1.57. The van der Waals surface area contributed by atoms with Crippen LogP contribution >= 0.6 is 0 Å². The van der Waals surface area contributed by atoms with E-state index in [1.54, 1.807) is 12.1 Å². The molecule has 2 N–H and O–H groups in total. The first-order valence-corrected chi connectivity index (χ1v) is 10.2. The summed E-state index contributed by atoms with van der Waals surface area (Å²) in [6, 6.07) is 15.6. The molecule has 2 aromatic carbocycles. The van der Waals surface area contributed by atoms with Gasteiger partial charge in [-0.25, -0.2) is 14.4 Å². The summed E-state index contributed by atoms with van der Waals surface area (Å²) in [5, 5.41) is 6.95. The molecule has 1 aliphatic carbocycles.